The topological polar surface area (TPSA) is 88.5 Å². The maximum absolute atomic E-state index is 12.6. The van der Waals surface area contributed by atoms with Crippen molar-refractivity contribution >= 4 is 22.8 Å². The minimum Gasteiger partial charge on any atom is -0.480 e. The molecular formula is C27H22N2O4. The van der Waals surface area contributed by atoms with Gasteiger partial charge in [-0.1, -0.05) is 66.7 Å². The first kappa shape index (κ1) is 20.7. The van der Waals surface area contributed by atoms with Crippen LogP contribution >= 0.6 is 0 Å². The third-order valence-electron chi connectivity index (χ3n) is 6.13. The predicted octanol–water partition coefficient (Wildman–Crippen LogP) is 4.77. The molecular weight excluding hydrogens is 416 g/mol. The summed E-state index contributed by atoms with van der Waals surface area (Å²) in [5.41, 5.74) is 5.30. The molecule has 6 heteroatoms. The van der Waals surface area contributed by atoms with Gasteiger partial charge in [0.15, 0.2) is 0 Å². The highest BCUT2D eigenvalue weighted by Crippen LogP contribution is 2.44. The molecule has 1 heterocycles. The van der Waals surface area contributed by atoms with Crippen LogP contribution in [0, 0.1) is 0 Å². The van der Waals surface area contributed by atoms with Gasteiger partial charge in [-0.05, 0) is 39.3 Å². The van der Waals surface area contributed by atoms with E-state index in [0.29, 0.717) is 0 Å². The van der Waals surface area contributed by atoms with Crippen molar-refractivity contribution in [2.45, 2.75) is 18.4 Å². The normalized spacial score (nSPS) is 13.2. The number of nitrogens with zero attached hydrogens (tertiary/aromatic N) is 1. The molecule has 0 spiro atoms. The Morgan fingerprint density at radius 2 is 1.64 bits per heavy atom. The summed E-state index contributed by atoms with van der Waals surface area (Å²) in [6, 6.07) is 22.5. The van der Waals surface area contributed by atoms with Gasteiger partial charge in [0, 0.05) is 30.1 Å². The van der Waals surface area contributed by atoms with E-state index in [1.54, 1.807) is 12.4 Å². The van der Waals surface area contributed by atoms with Gasteiger partial charge < -0.3 is 15.2 Å². The van der Waals surface area contributed by atoms with Crippen LogP contribution in [0.15, 0.2) is 85.2 Å². The minimum atomic E-state index is -1.12. The summed E-state index contributed by atoms with van der Waals surface area (Å²) in [5.74, 6) is -1.20. The molecule has 2 N–H and O–H groups in total. The van der Waals surface area contributed by atoms with Crippen molar-refractivity contribution in [3.8, 4) is 11.1 Å². The number of rotatable bonds is 6. The van der Waals surface area contributed by atoms with Crippen molar-refractivity contribution in [1.82, 2.24) is 10.3 Å². The Hall–Kier alpha value is -4.19. The molecule has 0 unspecified atom stereocenters. The average molecular weight is 438 g/mol. The maximum Gasteiger partial charge on any atom is 0.407 e. The molecule has 1 aliphatic rings. The monoisotopic (exact) mass is 438 g/mol. The zero-order chi connectivity index (χ0) is 22.8. The number of ether oxygens (including phenoxy) is 1. The quantitative estimate of drug-likeness (QED) is 0.453. The summed E-state index contributed by atoms with van der Waals surface area (Å²) in [5, 5.41) is 14.1. The number of carboxylic acids is 1. The Balaban J connectivity index is 1.29. The molecule has 4 aromatic rings. The number of carbonyl (C=O) groups is 2. The molecule has 1 aliphatic carbocycles. The molecule has 0 fully saturated rings. The first-order chi connectivity index (χ1) is 16.1. The van der Waals surface area contributed by atoms with E-state index < -0.39 is 18.1 Å². The highest BCUT2D eigenvalue weighted by Gasteiger charge is 2.29. The van der Waals surface area contributed by atoms with Gasteiger partial charge in [0.1, 0.15) is 12.6 Å². The van der Waals surface area contributed by atoms with Gasteiger partial charge in [0.25, 0.3) is 0 Å². The van der Waals surface area contributed by atoms with Gasteiger partial charge in [-0.15, -0.1) is 0 Å². The number of hydrogen-bond donors (Lipinski definition) is 2. The number of carbonyl (C=O) groups excluding carboxylic acids is 1. The summed E-state index contributed by atoms with van der Waals surface area (Å²) in [4.78, 5) is 28.6. The van der Waals surface area contributed by atoms with E-state index >= 15 is 0 Å². The molecule has 5 rings (SSSR count). The molecule has 0 saturated carbocycles. The van der Waals surface area contributed by atoms with Gasteiger partial charge in [-0.25, -0.2) is 9.59 Å². The van der Waals surface area contributed by atoms with E-state index in [1.807, 2.05) is 60.7 Å². The van der Waals surface area contributed by atoms with E-state index in [9.17, 15) is 14.7 Å². The number of carboxylic acid groups (broad SMARTS) is 1. The second kappa shape index (κ2) is 8.74. The second-order valence-corrected chi connectivity index (χ2v) is 8.08. The van der Waals surface area contributed by atoms with Crippen molar-refractivity contribution < 1.29 is 19.4 Å². The van der Waals surface area contributed by atoms with Gasteiger partial charge in [0.05, 0.1) is 0 Å². The summed E-state index contributed by atoms with van der Waals surface area (Å²) in [6.45, 7) is 0.131. The lowest BCUT2D eigenvalue weighted by Crippen LogP contribution is -2.43. The highest BCUT2D eigenvalue weighted by atomic mass is 16.5. The summed E-state index contributed by atoms with van der Waals surface area (Å²) < 4.78 is 5.52. The molecule has 1 atom stereocenters. The number of pyridine rings is 1. The number of aliphatic carboxylic acids is 1. The minimum absolute atomic E-state index is 0.0861. The lowest BCUT2D eigenvalue weighted by atomic mass is 9.98. The molecule has 0 radical (unpaired) electrons. The van der Waals surface area contributed by atoms with E-state index in [-0.39, 0.29) is 18.9 Å². The SMILES string of the molecule is O=C(N[C@@H](Cc1cccc2cnccc12)C(=O)O)OCC1c2ccccc2-c2ccccc21. The first-order valence-electron chi connectivity index (χ1n) is 10.8. The zero-order valence-corrected chi connectivity index (χ0v) is 17.8. The number of benzene rings is 3. The van der Waals surface area contributed by atoms with Crippen LogP contribution in [0.4, 0.5) is 4.79 Å². The molecule has 164 valence electrons. The molecule has 0 bridgehead atoms. The fourth-order valence-corrected chi connectivity index (χ4v) is 4.57. The third-order valence-corrected chi connectivity index (χ3v) is 6.13. The van der Waals surface area contributed by atoms with Gasteiger partial charge in [-0.3, -0.25) is 4.98 Å². The lowest BCUT2D eigenvalue weighted by molar-refractivity contribution is -0.139. The Bertz CT molecular complexity index is 1300. The van der Waals surface area contributed by atoms with Crippen molar-refractivity contribution in [2.24, 2.45) is 0 Å². The molecule has 0 aliphatic heterocycles. The number of amides is 1. The van der Waals surface area contributed by atoms with Gasteiger partial charge >= 0.3 is 12.1 Å². The fourth-order valence-electron chi connectivity index (χ4n) is 4.57. The van der Waals surface area contributed by atoms with Crippen LogP contribution in [0.3, 0.4) is 0 Å². The van der Waals surface area contributed by atoms with E-state index in [2.05, 4.69) is 22.4 Å². The maximum atomic E-state index is 12.6. The Labute approximate surface area is 190 Å². The smallest absolute Gasteiger partial charge is 0.407 e. The first-order valence-corrected chi connectivity index (χ1v) is 10.8. The van der Waals surface area contributed by atoms with Crippen LogP contribution in [0.25, 0.3) is 21.9 Å². The summed E-state index contributed by atoms with van der Waals surface area (Å²) >= 11 is 0. The fraction of sp³-hybridized carbons (Fsp3) is 0.148. The van der Waals surface area contributed by atoms with Crippen molar-refractivity contribution in [1.29, 1.82) is 0 Å². The van der Waals surface area contributed by atoms with Crippen LogP contribution in [0.5, 0.6) is 0 Å². The molecule has 6 nitrogen and oxygen atoms in total. The number of hydrogen-bond acceptors (Lipinski definition) is 4. The summed E-state index contributed by atoms with van der Waals surface area (Å²) in [7, 11) is 0. The summed E-state index contributed by atoms with van der Waals surface area (Å²) in [6.07, 6.45) is 2.79. The second-order valence-electron chi connectivity index (χ2n) is 8.08. The van der Waals surface area contributed by atoms with Crippen LogP contribution in [0.2, 0.25) is 0 Å². The van der Waals surface area contributed by atoms with Crippen molar-refractivity contribution in [2.75, 3.05) is 6.61 Å². The Morgan fingerprint density at radius 3 is 2.33 bits per heavy atom. The Morgan fingerprint density at radius 1 is 0.939 bits per heavy atom. The van der Waals surface area contributed by atoms with E-state index in [1.165, 1.54) is 0 Å². The zero-order valence-electron chi connectivity index (χ0n) is 17.8. The molecule has 0 saturated heterocycles. The predicted molar refractivity (Wildman–Crippen MR) is 125 cm³/mol. The Kier molecular flexibility index (Phi) is 5.48. The van der Waals surface area contributed by atoms with Crippen LogP contribution in [-0.4, -0.2) is 34.8 Å². The standard InChI is InChI=1S/C27H22N2O4/c30-26(31)25(14-17-6-5-7-18-15-28-13-12-19(17)18)29-27(32)33-16-24-22-10-3-1-8-20(22)21-9-2-4-11-23(21)24/h1-13,15,24-25H,14,16H2,(H,29,32)(H,30,31)/t25-/m0/s1. The number of alkyl carbamates (subject to hydrolysis) is 1. The van der Waals surface area contributed by atoms with Crippen LogP contribution < -0.4 is 5.32 Å². The number of fused-ring (bicyclic) bond motifs is 4. The average Bonchev–Trinajstić information content (AvgIpc) is 3.16. The number of nitrogens with one attached hydrogen (secondary N) is 1. The third kappa shape index (κ3) is 4.03. The molecule has 1 aromatic heterocycles. The van der Waals surface area contributed by atoms with E-state index in [0.717, 1.165) is 38.6 Å². The van der Waals surface area contributed by atoms with Gasteiger partial charge in [0.2, 0.25) is 0 Å². The van der Waals surface area contributed by atoms with Gasteiger partial charge in [-0.2, -0.15) is 0 Å². The van der Waals surface area contributed by atoms with Crippen molar-refractivity contribution in [3.63, 3.8) is 0 Å². The van der Waals surface area contributed by atoms with E-state index in [4.69, 9.17) is 4.74 Å². The molecule has 3 aromatic carbocycles. The highest BCUT2D eigenvalue weighted by molar-refractivity contribution is 5.86. The van der Waals surface area contributed by atoms with Crippen molar-refractivity contribution in [3.05, 3.63) is 102 Å². The van der Waals surface area contributed by atoms with Crippen LogP contribution in [-0.2, 0) is 16.0 Å². The van der Waals surface area contributed by atoms with Crippen LogP contribution in [0.1, 0.15) is 22.6 Å². The lowest BCUT2D eigenvalue weighted by Gasteiger charge is -2.18. The molecule has 33 heavy (non-hydrogen) atoms. The number of aromatic nitrogens is 1. The largest absolute Gasteiger partial charge is 0.480 e. The molecule has 1 amide bonds.